The molecule has 25 heavy (non-hydrogen) atoms. The van der Waals surface area contributed by atoms with E-state index in [1.165, 1.54) is 6.92 Å². The van der Waals surface area contributed by atoms with E-state index in [0.717, 1.165) is 17.9 Å². The van der Waals surface area contributed by atoms with Crippen molar-refractivity contribution >= 4 is 17.6 Å². The zero-order valence-electron chi connectivity index (χ0n) is 14.8. The predicted molar refractivity (Wildman–Crippen MR) is 94.2 cm³/mol. The molecule has 6 nitrogen and oxygen atoms in total. The molecule has 0 spiro atoms. The van der Waals surface area contributed by atoms with E-state index in [2.05, 4.69) is 5.32 Å². The van der Waals surface area contributed by atoms with Gasteiger partial charge in [0.1, 0.15) is 0 Å². The maximum absolute atomic E-state index is 12.3. The minimum atomic E-state index is -0.937. The Balaban J connectivity index is 2.03. The molecule has 0 aliphatic rings. The number of rotatable bonds is 5. The highest BCUT2D eigenvalue weighted by Gasteiger charge is 2.22. The molecular formula is C19H21N3O3. The van der Waals surface area contributed by atoms with Gasteiger partial charge in [0.2, 0.25) is 0 Å². The van der Waals surface area contributed by atoms with Crippen LogP contribution in [0.15, 0.2) is 30.3 Å². The van der Waals surface area contributed by atoms with Crippen molar-refractivity contribution in [2.24, 2.45) is 0 Å². The number of nitrogens with one attached hydrogen (secondary N) is 1. The molecule has 6 heteroatoms. The number of ether oxygens (including phenoxy) is 1. The summed E-state index contributed by atoms with van der Waals surface area (Å²) in [5.74, 6) is -0.947. The third kappa shape index (κ3) is 4.07. The molecule has 0 saturated heterocycles. The zero-order chi connectivity index (χ0) is 18.6. The Bertz CT molecular complexity index is 829. The normalized spacial score (nSPS) is 11.5. The number of nitriles is 1. The van der Waals surface area contributed by atoms with Gasteiger partial charge in [-0.15, -0.1) is 0 Å². The van der Waals surface area contributed by atoms with E-state index in [-0.39, 0.29) is 0 Å². The molecule has 2 rings (SSSR count). The predicted octanol–water partition coefficient (Wildman–Crippen LogP) is 3.18. The average molecular weight is 339 g/mol. The summed E-state index contributed by atoms with van der Waals surface area (Å²) < 4.78 is 7.30. The molecule has 0 aliphatic heterocycles. The quantitative estimate of drug-likeness (QED) is 0.848. The van der Waals surface area contributed by atoms with Crippen LogP contribution in [0.5, 0.6) is 0 Å². The van der Waals surface area contributed by atoms with Crippen LogP contribution >= 0.6 is 0 Å². The first-order valence-corrected chi connectivity index (χ1v) is 8.06. The second kappa shape index (κ2) is 7.67. The van der Waals surface area contributed by atoms with Gasteiger partial charge in [-0.25, -0.2) is 4.79 Å². The van der Waals surface area contributed by atoms with Crippen molar-refractivity contribution < 1.29 is 14.3 Å². The smallest absolute Gasteiger partial charge is 0.340 e. The molecule has 1 atom stereocenters. The Morgan fingerprint density at radius 3 is 2.44 bits per heavy atom. The lowest BCUT2D eigenvalue weighted by atomic mass is 10.2. The molecule has 1 amide bonds. The fraction of sp³-hybridized carbons (Fsp3) is 0.316. The lowest BCUT2D eigenvalue weighted by Crippen LogP contribution is -2.30. The number of hydrogen-bond acceptors (Lipinski definition) is 4. The molecule has 0 radical (unpaired) electrons. The van der Waals surface area contributed by atoms with Gasteiger partial charge in [0, 0.05) is 23.6 Å². The van der Waals surface area contributed by atoms with Gasteiger partial charge < -0.3 is 14.6 Å². The number of amides is 1. The first kappa shape index (κ1) is 18.3. The van der Waals surface area contributed by atoms with Crippen molar-refractivity contribution in [3.63, 3.8) is 0 Å². The van der Waals surface area contributed by atoms with Gasteiger partial charge in [-0.2, -0.15) is 5.26 Å². The minimum Gasteiger partial charge on any atom is -0.449 e. The summed E-state index contributed by atoms with van der Waals surface area (Å²) in [6, 6.07) is 10.2. The summed E-state index contributed by atoms with van der Waals surface area (Å²) in [5.41, 5.74) is 3.31. The maximum Gasteiger partial charge on any atom is 0.340 e. The monoisotopic (exact) mass is 339 g/mol. The van der Waals surface area contributed by atoms with Crippen LogP contribution in [0.1, 0.15) is 41.2 Å². The highest BCUT2D eigenvalue weighted by molar-refractivity contribution is 5.97. The minimum absolute atomic E-state index is 0.428. The van der Waals surface area contributed by atoms with E-state index < -0.39 is 18.0 Å². The summed E-state index contributed by atoms with van der Waals surface area (Å²) in [4.78, 5) is 24.5. The van der Waals surface area contributed by atoms with E-state index >= 15 is 0 Å². The van der Waals surface area contributed by atoms with E-state index in [9.17, 15) is 9.59 Å². The van der Waals surface area contributed by atoms with Gasteiger partial charge in [0.25, 0.3) is 5.91 Å². The first-order valence-electron chi connectivity index (χ1n) is 8.06. The van der Waals surface area contributed by atoms with Crippen LogP contribution in [0.25, 0.3) is 0 Å². The van der Waals surface area contributed by atoms with Crippen LogP contribution < -0.4 is 5.32 Å². The number of carbonyl (C=O) groups excluding carboxylic acids is 2. The topological polar surface area (TPSA) is 84.1 Å². The molecule has 0 bridgehead atoms. The van der Waals surface area contributed by atoms with Crippen LogP contribution in [0, 0.1) is 25.2 Å². The Labute approximate surface area is 147 Å². The fourth-order valence-corrected chi connectivity index (χ4v) is 2.64. The molecular weight excluding hydrogens is 318 g/mol. The highest BCUT2D eigenvalue weighted by atomic mass is 16.5. The van der Waals surface area contributed by atoms with Gasteiger partial charge in [-0.3, -0.25) is 4.79 Å². The number of esters is 1. The molecule has 0 fully saturated rings. The molecule has 1 heterocycles. The van der Waals surface area contributed by atoms with Crippen molar-refractivity contribution in [3.8, 4) is 6.07 Å². The molecule has 0 unspecified atom stereocenters. The van der Waals surface area contributed by atoms with Gasteiger partial charge in [-0.1, -0.05) is 0 Å². The molecule has 1 aromatic carbocycles. The number of anilines is 1. The van der Waals surface area contributed by atoms with Crippen molar-refractivity contribution in [1.29, 1.82) is 5.26 Å². The molecule has 0 aliphatic carbocycles. The van der Waals surface area contributed by atoms with Crippen molar-refractivity contribution in [2.75, 3.05) is 5.32 Å². The van der Waals surface area contributed by atoms with Gasteiger partial charge >= 0.3 is 5.97 Å². The standard InChI is InChI=1S/C19H21N3O3/c1-5-22-12(2)10-17(13(22)3)19(24)25-14(4)18(23)21-16-8-6-15(11-20)7-9-16/h6-10,14H,5H2,1-4H3,(H,21,23)/t14-/m0/s1. The van der Waals surface area contributed by atoms with Crippen molar-refractivity contribution in [3.05, 3.63) is 52.8 Å². The summed E-state index contributed by atoms with van der Waals surface area (Å²) in [5, 5.41) is 11.4. The number of carbonyl (C=O) groups is 2. The van der Waals surface area contributed by atoms with E-state index in [1.54, 1.807) is 30.3 Å². The second-order valence-electron chi connectivity index (χ2n) is 5.76. The zero-order valence-corrected chi connectivity index (χ0v) is 14.8. The average Bonchev–Trinajstić information content (AvgIpc) is 2.89. The second-order valence-corrected chi connectivity index (χ2v) is 5.76. The largest absolute Gasteiger partial charge is 0.449 e. The Kier molecular flexibility index (Phi) is 5.60. The summed E-state index contributed by atoms with van der Waals surface area (Å²) in [6.45, 7) is 8.07. The Morgan fingerprint density at radius 2 is 1.92 bits per heavy atom. The van der Waals surface area contributed by atoms with Gasteiger partial charge in [0.15, 0.2) is 6.10 Å². The van der Waals surface area contributed by atoms with E-state index in [0.29, 0.717) is 16.8 Å². The van der Waals surface area contributed by atoms with Crippen LogP contribution in [-0.4, -0.2) is 22.5 Å². The summed E-state index contributed by atoms with van der Waals surface area (Å²) in [6.07, 6.45) is -0.937. The lowest BCUT2D eigenvalue weighted by Gasteiger charge is -2.14. The van der Waals surface area contributed by atoms with Gasteiger partial charge in [0.05, 0.1) is 17.2 Å². The van der Waals surface area contributed by atoms with Crippen LogP contribution in [0.2, 0.25) is 0 Å². The maximum atomic E-state index is 12.3. The van der Waals surface area contributed by atoms with Crippen LogP contribution in [0.3, 0.4) is 0 Å². The summed E-state index contributed by atoms with van der Waals surface area (Å²) in [7, 11) is 0. The Hall–Kier alpha value is -3.07. The van der Waals surface area contributed by atoms with Gasteiger partial charge in [-0.05, 0) is 58.0 Å². The molecule has 2 aromatic rings. The SMILES string of the molecule is CCn1c(C)cc(C(=O)O[C@@H](C)C(=O)Nc2ccc(C#N)cc2)c1C. The van der Waals surface area contributed by atoms with E-state index in [1.807, 2.05) is 31.4 Å². The Morgan fingerprint density at radius 1 is 1.28 bits per heavy atom. The number of aromatic nitrogens is 1. The molecule has 130 valence electrons. The first-order chi connectivity index (χ1) is 11.9. The third-order valence-electron chi connectivity index (χ3n) is 4.04. The molecule has 0 saturated carbocycles. The van der Waals surface area contributed by atoms with Crippen LogP contribution in [-0.2, 0) is 16.1 Å². The lowest BCUT2D eigenvalue weighted by molar-refractivity contribution is -0.123. The molecule has 1 N–H and O–H groups in total. The highest BCUT2D eigenvalue weighted by Crippen LogP contribution is 2.17. The van der Waals surface area contributed by atoms with Crippen molar-refractivity contribution in [2.45, 2.75) is 40.3 Å². The fourth-order valence-electron chi connectivity index (χ4n) is 2.64. The number of hydrogen-bond donors (Lipinski definition) is 1. The third-order valence-corrected chi connectivity index (χ3v) is 4.04. The number of aryl methyl sites for hydroxylation is 1. The molecule has 1 aromatic heterocycles. The van der Waals surface area contributed by atoms with E-state index in [4.69, 9.17) is 10.00 Å². The summed E-state index contributed by atoms with van der Waals surface area (Å²) >= 11 is 0. The number of nitrogens with zero attached hydrogens (tertiary/aromatic N) is 2. The van der Waals surface area contributed by atoms with Crippen LogP contribution in [0.4, 0.5) is 5.69 Å². The van der Waals surface area contributed by atoms with Crippen molar-refractivity contribution in [1.82, 2.24) is 4.57 Å². The number of benzene rings is 1.